The van der Waals surface area contributed by atoms with Crippen molar-refractivity contribution in [2.24, 2.45) is 15.7 Å². The van der Waals surface area contributed by atoms with Crippen molar-refractivity contribution >= 4 is 20.5 Å². The number of rotatable bonds is 4. The summed E-state index contributed by atoms with van der Waals surface area (Å²) in [7, 11) is -4.77. The summed E-state index contributed by atoms with van der Waals surface area (Å²) in [5.41, 5.74) is 6.06. The average Bonchev–Trinajstić information content (AvgIpc) is 3.06. The molecule has 11 nitrogen and oxygen atoms in total. The number of hydroxylamine groups is 2. The van der Waals surface area contributed by atoms with Gasteiger partial charge in [0.05, 0.1) is 19.0 Å². The Morgan fingerprint density at radius 1 is 1.41 bits per heavy atom. The number of nitrogens with zero attached hydrogens (tertiary/aromatic N) is 4. The third kappa shape index (κ3) is 2.86. The zero-order chi connectivity index (χ0) is 15.9. The molecule has 0 aromatic carbocycles. The van der Waals surface area contributed by atoms with Crippen molar-refractivity contribution in [2.75, 3.05) is 6.61 Å². The van der Waals surface area contributed by atoms with Crippen molar-refractivity contribution in [1.29, 1.82) is 0 Å². The lowest BCUT2D eigenvalue weighted by molar-refractivity contribution is -0.115. The number of nitrogens with two attached hydrogens (primary N) is 1. The van der Waals surface area contributed by atoms with E-state index in [0.29, 0.717) is 18.5 Å². The molecule has 122 valence electrons. The van der Waals surface area contributed by atoms with Crippen molar-refractivity contribution in [3.8, 4) is 0 Å². The van der Waals surface area contributed by atoms with Gasteiger partial charge < -0.3 is 30.3 Å². The van der Waals surface area contributed by atoms with E-state index in [4.69, 9.17) is 25.4 Å². The smallest absolute Gasteiger partial charge is 0.394 e. The predicted octanol–water partition coefficient (Wildman–Crippen LogP) is -1.35. The van der Waals surface area contributed by atoms with Crippen LogP contribution in [-0.2, 0) is 13.9 Å². The van der Waals surface area contributed by atoms with Gasteiger partial charge in [-0.2, -0.15) is 4.62 Å². The van der Waals surface area contributed by atoms with Gasteiger partial charge in [0.15, 0.2) is 12.0 Å². The summed E-state index contributed by atoms with van der Waals surface area (Å²) in [6.07, 6.45) is 2.36. The van der Waals surface area contributed by atoms with Crippen molar-refractivity contribution in [3.05, 3.63) is 11.5 Å². The van der Waals surface area contributed by atoms with E-state index in [9.17, 15) is 4.57 Å². The Hall–Kier alpha value is -1.49. The molecular formula is C10H16N5O6P. The van der Waals surface area contributed by atoms with Gasteiger partial charge in [0.2, 0.25) is 0 Å². The number of aliphatic imine (C=N–C) groups is 2. The van der Waals surface area contributed by atoms with E-state index in [2.05, 4.69) is 14.6 Å². The van der Waals surface area contributed by atoms with Gasteiger partial charge in [-0.05, 0) is 12.8 Å². The Bertz CT molecular complexity index is 588. The Kier molecular flexibility index (Phi) is 3.93. The fraction of sp³-hybridized carbons (Fsp3) is 0.600. The molecule has 22 heavy (non-hydrogen) atoms. The Morgan fingerprint density at radius 3 is 2.82 bits per heavy atom. The summed E-state index contributed by atoms with van der Waals surface area (Å²) in [4.78, 5) is 27.5. The van der Waals surface area contributed by atoms with Gasteiger partial charge in [0, 0.05) is 0 Å². The lowest BCUT2D eigenvalue weighted by atomic mass is 10.2. The molecule has 12 heteroatoms. The van der Waals surface area contributed by atoms with Crippen LogP contribution in [0, 0.1) is 0 Å². The molecule has 0 amide bonds. The molecule has 3 aliphatic heterocycles. The van der Waals surface area contributed by atoms with E-state index in [1.807, 2.05) is 0 Å². The third-order valence-electron chi connectivity index (χ3n) is 3.49. The first-order valence-corrected chi connectivity index (χ1v) is 8.07. The number of aliphatic hydroxyl groups excluding tert-OH is 1. The van der Waals surface area contributed by atoms with Crippen LogP contribution in [0.2, 0.25) is 0 Å². The molecule has 1 unspecified atom stereocenters. The highest BCUT2D eigenvalue weighted by Gasteiger charge is 2.43. The monoisotopic (exact) mass is 333 g/mol. The first-order chi connectivity index (χ1) is 10.4. The number of hydrogen-bond donors (Lipinski definition) is 4. The summed E-state index contributed by atoms with van der Waals surface area (Å²) in [5.74, 6) is 0.131. The van der Waals surface area contributed by atoms with E-state index in [0.717, 1.165) is 11.4 Å². The van der Waals surface area contributed by atoms with E-state index in [1.165, 1.54) is 6.34 Å². The Morgan fingerprint density at radius 2 is 2.18 bits per heavy atom. The van der Waals surface area contributed by atoms with E-state index in [-0.39, 0.29) is 18.5 Å². The molecule has 3 aliphatic rings. The molecule has 1 fully saturated rings. The van der Waals surface area contributed by atoms with Gasteiger partial charge in [0.25, 0.3) is 0 Å². The van der Waals surface area contributed by atoms with Crippen LogP contribution in [-0.4, -0.2) is 62.6 Å². The molecule has 0 saturated carbocycles. The Labute approximate surface area is 125 Å². The average molecular weight is 333 g/mol. The fourth-order valence-electron chi connectivity index (χ4n) is 2.56. The quantitative estimate of drug-likeness (QED) is 0.457. The first-order valence-electron chi connectivity index (χ1n) is 6.54. The maximum absolute atomic E-state index is 11.1. The molecule has 0 aromatic heterocycles. The molecule has 0 spiro atoms. The molecule has 3 rings (SSSR count). The second kappa shape index (κ2) is 5.61. The molecule has 0 bridgehead atoms. The highest BCUT2D eigenvalue weighted by molar-refractivity contribution is 7.46. The largest absolute Gasteiger partial charge is 0.491 e. The second-order valence-electron chi connectivity index (χ2n) is 4.99. The first kappa shape index (κ1) is 15.4. The van der Waals surface area contributed by atoms with Crippen LogP contribution < -0.4 is 5.73 Å². The predicted molar refractivity (Wildman–Crippen MR) is 73.8 cm³/mol. The fourth-order valence-corrected chi connectivity index (χ4v) is 2.94. The van der Waals surface area contributed by atoms with Crippen molar-refractivity contribution in [1.82, 2.24) is 9.96 Å². The van der Waals surface area contributed by atoms with Crippen molar-refractivity contribution in [3.63, 3.8) is 0 Å². The number of hydrogen-bond acceptors (Lipinski definition) is 9. The summed E-state index contributed by atoms with van der Waals surface area (Å²) in [6, 6.07) is 0. The van der Waals surface area contributed by atoms with Gasteiger partial charge in [-0.3, -0.25) is 0 Å². The number of aliphatic hydroxyl groups is 1. The van der Waals surface area contributed by atoms with Crippen LogP contribution in [0.25, 0.3) is 0 Å². The van der Waals surface area contributed by atoms with Crippen molar-refractivity contribution < 1.29 is 28.8 Å². The van der Waals surface area contributed by atoms with E-state index >= 15 is 0 Å². The van der Waals surface area contributed by atoms with Crippen LogP contribution >= 0.6 is 7.82 Å². The van der Waals surface area contributed by atoms with Gasteiger partial charge >= 0.3 is 7.82 Å². The normalized spacial score (nSPS) is 31.3. The SMILES string of the molecule is NC1=C2N=CN([C@H]3CC[C@@H](CO)O3)C2N(OP(=O)(O)O)C=N1. The van der Waals surface area contributed by atoms with Crippen LogP contribution in [0.1, 0.15) is 12.8 Å². The maximum Gasteiger partial charge on any atom is 0.491 e. The number of ether oxygens (including phenoxy) is 1. The molecule has 3 atom stereocenters. The van der Waals surface area contributed by atoms with Gasteiger partial charge in [-0.25, -0.2) is 19.6 Å². The van der Waals surface area contributed by atoms with Crippen LogP contribution in [0.15, 0.2) is 21.5 Å². The molecule has 3 heterocycles. The molecule has 1 saturated heterocycles. The minimum Gasteiger partial charge on any atom is -0.394 e. The zero-order valence-corrected chi connectivity index (χ0v) is 12.3. The van der Waals surface area contributed by atoms with E-state index < -0.39 is 20.2 Å². The van der Waals surface area contributed by atoms with Crippen LogP contribution in [0.4, 0.5) is 0 Å². The maximum atomic E-state index is 11.1. The standard InChI is InChI=1S/C10H16N5O6P/c11-9-8-10(15(5-13-9)21-22(17,18)19)14(4-12-8)7-2-1-6(3-16)20-7/h4-7,10,16H,1-3,11H2,(H2,17,18,19)/t6-,7+,10?/m0/s1. The van der Waals surface area contributed by atoms with Gasteiger partial charge in [0.1, 0.15) is 18.3 Å². The number of fused-ring (bicyclic) bond motifs is 1. The van der Waals surface area contributed by atoms with Crippen LogP contribution in [0.3, 0.4) is 0 Å². The summed E-state index contributed by atoms with van der Waals surface area (Å²) < 4.78 is 21.4. The van der Waals surface area contributed by atoms with Gasteiger partial charge in [-0.1, -0.05) is 0 Å². The Balaban J connectivity index is 1.83. The summed E-state index contributed by atoms with van der Waals surface area (Å²) in [6.45, 7) is -0.0961. The summed E-state index contributed by atoms with van der Waals surface area (Å²) in [5, 5.41) is 10.0. The summed E-state index contributed by atoms with van der Waals surface area (Å²) >= 11 is 0. The third-order valence-corrected chi connectivity index (χ3v) is 3.89. The molecule has 0 aliphatic carbocycles. The van der Waals surface area contributed by atoms with E-state index in [1.54, 1.807) is 4.90 Å². The minimum atomic E-state index is -4.77. The zero-order valence-electron chi connectivity index (χ0n) is 11.4. The second-order valence-corrected chi connectivity index (χ2v) is 6.13. The molecule has 5 N–H and O–H groups in total. The molecule has 0 radical (unpaired) electrons. The molecular weight excluding hydrogens is 317 g/mol. The topological polar surface area (TPSA) is 153 Å². The minimum absolute atomic E-state index is 0.0961. The number of phosphoric acid groups is 1. The lowest BCUT2D eigenvalue weighted by Gasteiger charge is -2.36. The molecule has 0 aromatic rings. The lowest BCUT2D eigenvalue weighted by Crippen LogP contribution is -2.51. The van der Waals surface area contributed by atoms with Gasteiger partial charge in [-0.15, -0.1) is 0 Å². The highest BCUT2D eigenvalue weighted by Crippen LogP contribution is 2.41. The van der Waals surface area contributed by atoms with Crippen molar-refractivity contribution in [2.45, 2.75) is 31.3 Å². The highest BCUT2D eigenvalue weighted by atomic mass is 31.2. The van der Waals surface area contributed by atoms with Crippen LogP contribution in [0.5, 0.6) is 0 Å².